The van der Waals surface area contributed by atoms with E-state index >= 15 is 4.39 Å². The number of halogens is 1. The summed E-state index contributed by atoms with van der Waals surface area (Å²) in [6.07, 6.45) is 1.06. The van der Waals surface area contributed by atoms with Crippen LogP contribution in [0.5, 0.6) is 11.5 Å². The number of fused-ring (bicyclic) bond motifs is 3. The van der Waals surface area contributed by atoms with Crippen molar-refractivity contribution >= 4 is 16.7 Å². The second-order valence-corrected chi connectivity index (χ2v) is 7.73. The average Bonchev–Trinajstić information content (AvgIpc) is 3.37. The molecule has 2 aliphatic rings. The second kappa shape index (κ2) is 7.32. The fraction of sp³-hybridized carbons (Fsp3) is 0.348. The SMILES string of the molecule is CCOc1cc(-c2cc3c(F)cc(N4CC5CC4CN5)cc3oc2=O)ccc1OC. The second-order valence-electron chi connectivity index (χ2n) is 7.73. The van der Waals surface area contributed by atoms with E-state index in [0.717, 1.165) is 25.2 Å². The zero-order chi connectivity index (χ0) is 20.8. The first-order valence-electron chi connectivity index (χ1n) is 10.2. The first-order valence-corrected chi connectivity index (χ1v) is 10.2. The molecular weight excluding hydrogens is 387 g/mol. The Hall–Kier alpha value is -3.06. The molecule has 2 bridgehead atoms. The van der Waals surface area contributed by atoms with Crippen LogP contribution >= 0.6 is 0 Å². The number of piperazine rings is 1. The normalized spacial score (nSPS) is 20.2. The van der Waals surface area contributed by atoms with Crippen molar-refractivity contribution in [2.45, 2.75) is 25.4 Å². The molecule has 2 unspecified atom stereocenters. The molecule has 30 heavy (non-hydrogen) atoms. The Balaban J connectivity index is 1.57. The molecule has 0 radical (unpaired) electrons. The molecule has 7 heteroatoms. The van der Waals surface area contributed by atoms with E-state index in [4.69, 9.17) is 13.9 Å². The number of hydrogen-bond acceptors (Lipinski definition) is 6. The van der Waals surface area contributed by atoms with Crippen molar-refractivity contribution in [1.82, 2.24) is 5.32 Å². The lowest BCUT2D eigenvalue weighted by molar-refractivity contribution is 0.311. The summed E-state index contributed by atoms with van der Waals surface area (Å²) in [6.45, 7) is 4.06. The Kier molecular flexibility index (Phi) is 4.62. The maximum absolute atomic E-state index is 15.0. The Morgan fingerprint density at radius 2 is 2.10 bits per heavy atom. The Morgan fingerprint density at radius 3 is 2.80 bits per heavy atom. The van der Waals surface area contributed by atoms with Gasteiger partial charge in [0, 0.05) is 36.9 Å². The van der Waals surface area contributed by atoms with Gasteiger partial charge in [0.2, 0.25) is 0 Å². The van der Waals surface area contributed by atoms with Gasteiger partial charge in [0.15, 0.2) is 11.5 Å². The molecule has 0 amide bonds. The quantitative estimate of drug-likeness (QED) is 0.649. The minimum absolute atomic E-state index is 0.257. The molecule has 2 aromatic carbocycles. The van der Waals surface area contributed by atoms with Gasteiger partial charge in [-0.1, -0.05) is 6.07 Å². The van der Waals surface area contributed by atoms with Crippen molar-refractivity contribution in [1.29, 1.82) is 0 Å². The minimum Gasteiger partial charge on any atom is -0.493 e. The zero-order valence-electron chi connectivity index (χ0n) is 16.9. The fourth-order valence-corrected chi connectivity index (χ4v) is 4.52. The third kappa shape index (κ3) is 3.10. The molecule has 156 valence electrons. The summed E-state index contributed by atoms with van der Waals surface area (Å²) in [6, 6.07) is 10.8. The van der Waals surface area contributed by atoms with E-state index in [9.17, 15) is 4.79 Å². The number of ether oxygens (including phenoxy) is 2. The summed E-state index contributed by atoms with van der Waals surface area (Å²) in [7, 11) is 1.55. The molecule has 2 aliphatic heterocycles. The summed E-state index contributed by atoms with van der Waals surface area (Å²) in [4.78, 5) is 14.9. The van der Waals surface area contributed by atoms with E-state index in [2.05, 4.69) is 10.2 Å². The molecule has 3 heterocycles. The van der Waals surface area contributed by atoms with Gasteiger partial charge in [-0.2, -0.15) is 0 Å². The molecule has 3 aromatic rings. The van der Waals surface area contributed by atoms with Crippen LogP contribution in [0.25, 0.3) is 22.1 Å². The summed E-state index contributed by atoms with van der Waals surface area (Å²) >= 11 is 0. The van der Waals surface area contributed by atoms with Crippen LogP contribution in [0.1, 0.15) is 13.3 Å². The maximum atomic E-state index is 15.0. The molecule has 2 fully saturated rings. The number of hydrogen-bond donors (Lipinski definition) is 1. The number of anilines is 1. The van der Waals surface area contributed by atoms with Crippen molar-refractivity contribution in [3.63, 3.8) is 0 Å². The predicted molar refractivity (Wildman–Crippen MR) is 113 cm³/mol. The third-order valence-electron chi connectivity index (χ3n) is 5.95. The van der Waals surface area contributed by atoms with Gasteiger partial charge in [-0.05, 0) is 43.2 Å². The molecule has 1 aromatic heterocycles. The standard InChI is InChI=1S/C23H23FN2O4/c1-3-29-22-6-13(4-5-20(22)28-2)17-10-18-19(24)8-15(9-21(18)30-23(17)27)26-12-14-7-16(26)11-25-14/h4-6,8-10,14,16,25H,3,7,11-12H2,1-2H3. The van der Waals surface area contributed by atoms with Crippen molar-refractivity contribution < 1.29 is 18.3 Å². The lowest BCUT2D eigenvalue weighted by Gasteiger charge is -2.29. The van der Waals surface area contributed by atoms with E-state index in [1.165, 1.54) is 6.07 Å². The predicted octanol–water partition coefficient (Wildman–Crippen LogP) is 3.56. The first-order chi connectivity index (χ1) is 14.6. The van der Waals surface area contributed by atoms with E-state index in [0.29, 0.717) is 35.8 Å². The van der Waals surface area contributed by atoms with Gasteiger partial charge in [-0.3, -0.25) is 0 Å². The monoisotopic (exact) mass is 410 g/mol. The van der Waals surface area contributed by atoms with Crippen LogP contribution in [-0.4, -0.2) is 38.9 Å². The largest absolute Gasteiger partial charge is 0.493 e. The topological polar surface area (TPSA) is 63.9 Å². The van der Waals surface area contributed by atoms with Gasteiger partial charge >= 0.3 is 5.63 Å². The van der Waals surface area contributed by atoms with Crippen LogP contribution in [0, 0.1) is 5.82 Å². The van der Waals surface area contributed by atoms with Crippen molar-refractivity contribution in [2.75, 3.05) is 31.7 Å². The van der Waals surface area contributed by atoms with E-state index in [1.54, 1.807) is 37.4 Å². The lowest BCUT2D eigenvalue weighted by Crippen LogP contribution is -2.43. The summed E-state index contributed by atoms with van der Waals surface area (Å²) in [5.74, 6) is 0.684. The molecule has 1 N–H and O–H groups in total. The zero-order valence-corrected chi connectivity index (χ0v) is 16.9. The fourth-order valence-electron chi connectivity index (χ4n) is 4.52. The van der Waals surface area contributed by atoms with Crippen molar-refractivity contribution in [3.8, 4) is 22.6 Å². The van der Waals surface area contributed by atoms with Crippen molar-refractivity contribution in [3.05, 3.63) is 52.6 Å². The van der Waals surface area contributed by atoms with Gasteiger partial charge in [0.05, 0.1) is 24.7 Å². The number of methoxy groups -OCH3 is 1. The van der Waals surface area contributed by atoms with Gasteiger partial charge < -0.3 is 24.1 Å². The molecule has 2 saturated heterocycles. The Labute approximate surface area is 173 Å². The summed E-state index contributed by atoms with van der Waals surface area (Å²) < 4.78 is 31.5. The highest BCUT2D eigenvalue weighted by Crippen LogP contribution is 2.35. The van der Waals surface area contributed by atoms with Crippen LogP contribution in [0.15, 0.2) is 45.6 Å². The molecule has 0 saturated carbocycles. The summed E-state index contributed by atoms with van der Waals surface area (Å²) in [5.41, 5.74) is 1.36. The first kappa shape index (κ1) is 18.9. The maximum Gasteiger partial charge on any atom is 0.344 e. The molecule has 0 aliphatic carbocycles. The molecule has 6 nitrogen and oxygen atoms in total. The van der Waals surface area contributed by atoms with Gasteiger partial charge in [0.1, 0.15) is 11.4 Å². The van der Waals surface area contributed by atoms with Crippen LogP contribution in [-0.2, 0) is 0 Å². The van der Waals surface area contributed by atoms with Gasteiger partial charge in [-0.15, -0.1) is 0 Å². The third-order valence-corrected chi connectivity index (χ3v) is 5.95. The highest BCUT2D eigenvalue weighted by atomic mass is 19.1. The van der Waals surface area contributed by atoms with Crippen LogP contribution in [0.4, 0.5) is 10.1 Å². The van der Waals surface area contributed by atoms with Crippen LogP contribution < -0.4 is 25.3 Å². The molecular formula is C23H23FN2O4. The lowest BCUT2D eigenvalue weighted by atomic mass is 10.0. The molecule has 0 spiro atoms. The number of benzene rings is 2. The smallest absolute Gasteiger partial charge is 0.344 e. The highest BCUT2D eigenvalue weighted by molar-refractivity contribution is 5.85. The minimum atomic E-state index is -0.517. The van der Waals surface area contributed by atoms with E-state index in [1.807, 2.05) is 6.92 Å². The summed E-state index contributed by atoms with van der Waals surface area (Å²) in [5, 5.41) is 3.72. The molecule has 2 atom stereocenters. The van der Waals surface area contributed by atoms with Crippen LogP contribution in [0.2, 0.25) is 0 Å². The van der Waals surface area contributed by atoms with E-state index < -0.39 is 11.4 Å². The highest BCUT2D eigenvalue weighted by Gasteiger charge is 2.37. The number of nitrogens with one attached hydrogen (secondary N) is 1. The number of nitrogens with zero attached hydrogens (tertiary/aromatic N) is 1. The Morgan fingerprint density at radius 1 is 1.23 bits per heavy atom. The Bertz CT molecular complexity index is 1180. The average molecular weight is 410 g/mol. The molecule has 5 rings (SSSR count). The van der Waals surface area contributed by atoms with Crippen molar-refractivity contribution in [2.24, 2.45) is 0 Å². The van der Waals surface area contributed by atoms with E-state index in [-0.39, 0.29) is 16.5 Å². The van der Waals surface area contributed by atoms with Gasteiger partial charge in [0.25, 0.3) is 0 Å². The van der Waals surface area contributed by atoms with Crippen LogP contribution in [0.3, 0.4) is 0 Å². The van der Waals surface area contributed by atoms with Gasteiger partial charge in [-0.25, -0.2) is 9.18 Å². The number of rotatable bonds is 5.